The molecule has 1 aromatic heterocycles. The Balaban J connectivity index is 1.75. The van der Waals surface area contributed by atoms with Gasteiger partial charge in [0, 0.05) is 23.9 Å². The van der Waals surface area contributed by atoms with Gasteiger partial charge >= 0.3 is 5.97 Å². The summed E-state index contributed by atoms with van der Waals surface area (Å²) in [7, 11) is 0. The zero-order chi connectivity index (χ0) is 18.1. The highest BCUT2D eigenvalue weighted by Gasteiger charge is 2.28. The van der Waals surface area contributed by atoms with E-state index in [4.69, 9.17) is 16.3 Å². The molecule has 2 heterocycles. The van der Waals surface area contributed by atoms with Gasteiger partial charge in [-0.2, -0.15) is 5.10 Å². The molecule has 0 spiro atoms. The highest BCUT2D eigenvalue weighted by molar-refractivity contribution is 6.37. The van der Waals surface area contributed by atoms with Crippen LogP contribution in [0.25, 0.3) is 11.0 Å². The van der Waals surface area contributed by atoms with Crippen LogP contribution >= 0.6 is 11.6 Å². The SMILES string of the molecule is CC(OC(=O)C1=NN(C(C)C)C(=O)CC1)c1nc2ccc(Cl)cc2[nH]1. The van der Waals surface area contributed by atoms with E-state index >= 15 is 0 Å². The lowest BCUT2D eigenvalue weighted by Gasteiger charge is -2.26. The third-order valence-corrected chi connectivity index (χ3v) is 4.15. The maximum absolute atomic E-state index is 12.4. The number of fused-ring (bicyclic) bond motifs is 1. The van der Waals surface area contributed by atoms with Gasteiger partial charge < -0.3 is 9.72 Å². The Morgan fingerprint density at radius 3 is 2.80 bits per heavy atom. The van der Waals surface area contributed by atoms with Crippen LogP contribution < -0.4 is 0 Å². The van der Waals surface area contributed by atoms with Crippen LogP contribution in [-0.2, 0) is 14.3 Å². The molecule has 132 valence electrons. The molecule has 0 fully saturated rings. The lowest BCUT2D eigenvalue weighted by molar-refractivity contribution is -0.141. The number of benzene rings is 1. The number of nitrogens with one attached hydrogen (secondary N) is 1. The summed E-state index contributed by atoms with van der Waals surface area (Å²) in [6.45, 7) is 5.42. The van der Waals surface area contributed by atoms with Crippen molar-refractivity contribution in [3.8, 4) is 0 Å². The van der Waals surface area contributed by atoms with Crippen LogP contribution in [0.15, 0.2) is 23.3 Å². The van der Waals surface area contributed by atoms with Gasteiger partial charge in [-0.15, -0.1) is 0 Å². The monoisotopic (exact) mass is 362 g/mol. The van der Waals surface area contributed by atoms with E-state index in [1.165, 1.54) is 5.01 Å². The molecule has 0 aliphatic carbocycles. The van der Waals surface area contributed by atoms with Gasteiger partial charge in [-0.05, 0) is 39.0 Å². The highest BCUT2D eigenvalue weighted by atomic mass is 35.5. The number of nitrogens with zero attached hydrogens (tertiary/aromatic N) is 3. The third kappa shape index (κ3) is 3.66. The second-order valence-corrected chi connectivity index (χ2v) is 6.65. The molecule has 1 amide bonds. The minimum absolute atomic E-state index is 0.0891. The highest BCUT2D eigenvalue weighted by Crippen LogP contribution is 2.22. The zero-order valence-corrected chi connectivity index (χ0v) is 15.0. The molecule has 2 aromatic rings. The van der Waals surface area contributed by atoms with Gasteiger partial charge in [0.2, 0.25) is 5.91 Å². The van der Waals surface area contributed by atoms with Gasteiger partial charge in [0.15, 0.2) is 6.10 Å². The van der Waals surface area contributed by atoms with Gasteiger partial charge in [-0.3, -0.25) is 4.79 Å². The summed E-state index contributed by atoms with van der Waals surface area (Å²) in [5.74, 6) is -0.100. The number of amides is 1. The first-order valence-electron chi connectivity index (χ1n) is 8.11. The maximum atomic E-state index is 12.4. The molecule has 0 bridgehead atoms. The van der Waals surface area contributed by atoms with Crippen molar-refractivity contribution in [1.29, 1.82) is 0 Å². The summed E-state index contributed by atoms with van der Waals surface area (Å²) in [6, 6.07) is 5.20. The Hall–Kier alpha value is -2.41. The first kappa shape index (κ1) is 17.4. The van der Waals surface area contributed by atoms with Gasteiger partial charge in [0.25, 0.3) is 0 Å². The summed E-state index contributed by atoms with van der Waals surface area (Å²) in [5, 5.41) is 6.07. The minimum Gasteiger partial charge on any atom is -0.450 e. The largest absolute Gasteiger partial charge is 0.450 e. The number of hydrogen-bond donors (Lipinski definition) is 1. The van der Waals surface area contributed by atoms with Crippen molar-refractivity contribution in [2.75, 3.05) is 0 Å². The Morgan fingerprint density at radius 2 is 2.08 bits per heavy atom. The van der Waals surface area contributed by atoms with E-state index in [2.05, 4.69) is 15.1 Å². The molecule has 1 aromatic carbocycles. The van der Waals surface area contributed by atoms with Crippen LogP contribution in [-0.4, -0.2) is 38.6 Å². The number of esters is 1. The smallest absolute Gasteiger partial charge is 0.355 e. The number of carbonyl (C=O) groups excluding carboxylic acids is 2. The zero-order valence-electron chi connectivity index (χ0n) is 14.2. The van der Waals surface area contributed by atoms with Gasteiger partial charge in [-0.1, -0.05) is 11.6 Å². The average Bonchev–Trinajstić information content (AvgIpc) is 2.98. The van der Waals surface area contributed by atoms with Crippen LogP contribution in [0.4, 0.5) is 0 Å². The molecule has 25 heavy (non-hydrogen) atoms. The minimum atomic E-state index is -0.577. The van der Waals surface area contributed by atoms with Crippen molar-refractivity contribution in [2.24, 2.45) is 5.10 Å². The molecule has 8 heteroatoms. The molecule has 7 nitrogen and oxygen atoms in total. The topological polar surface area (TPSA) is 87.7 Å². The second-order valence-electron chi connectivity index (χ2n) is 6.21. The van der Waals surface area contributed by atoms with Crippen LogP contribution in [0.5, 0.6) is 0 Å². The number of halogens is 1. The predicted octanol–water partition coefficient (Wildman–Crippen LogP) is 3.21. The normalized spacial score (nSPS) is 16.3. The van der Waals surface area contributed by atoms with Crippen LogP contribution in [0, 0.1) is 0 Å². The molecule has 1 atom stereocenters. The molecular formula is C17H19ClN4O3. The number of imidazole rings is 1. The molecule has 1 unspecified atom stereocenters. The number of aromatic nitrogens is 2. The van der Waals surface area contributed by atoms with Gasteiger partial charge in [-0.25, -0.2) is 14.8 Å². The molecule has 1 N–H and O–H groups in total. The fraction of sp³-hybridized carbons (Fsp3) is 0.412. The van der Waals surface area contributed by atoms with Crippen molar-refractivity contribution < 1.29 is 14.3 Å². The fourth-order valence-electron chi connectivity index (χ4n) is 2.60. The van der Waals surface area contributed by atoms with Crippen LogP contribution in [0.1, 0.15) is 45.5 Å². The Labute approximate surface area is 150 Å². The van der Waals surface area contributed by atoms with Crippen molar-refractivity contribution in [3.63, 3.8) is 0 Å². The van der Waals surface area contributed by atoms with Crippen molar-refractivity contribution in [3.05, 3.63) is 29.0 Å². The number of ether oxygens (including phenoxy) is 1. The lowest BCUT2D eigenvalue weighted by atomic mass is 10.1. The quantitative estimate of drug-likeness (QED) is 0.846. The Kier molecular flexibility index (Phi) is 4.76. The number of hydrogen-bond acceptors (Lipinski definition) is 5. The second kappa shape index (κ2) is 6.84. The summed E-state index contributed by atoms with van der Waals surface area (Å²) in [5.41, 5.74) is 1.77. The molecule has 3 rings (SSSR count). The fourth-order valence-corrected chi connectivity index (χ4v) is 2.77. The third-order valence-electron chi connectivity index (χ3n) is 3.92. The Morgan fingerprint density at radius 1 is 1.32 bits per heavy atom. The summed E-state index contributed by atoms with van der Waals surface area (Å²) >= 11 is 5.96. The van der Waals surface area contributed by atoms with Crippen LogP contribution in [0.3, 0.4) is 0 Å². The molecular weight excluding hydrogens is 344 g/mol. The number of rotatable bonds is 4. The first-order valence-corrected chi connectivity index (χ1v) is 8.48. The summed E-state index contributed by atoms with van der Waals surface area (Å²) < 4.78 is 5.46. The summed E-state index contributed by atoms with van der Waals surface area (Å²) in [6.07, 6.45) is -0.0426. The number of aromatic amines is 1. The van der Waals surface area contributed by atoms with Crippen molar-refractivity contribution in [2.45, 2.75) is 45.8 Å². The molecule has 1 aliphatic rings. The van der Waals surface area contributed by atoms with Gasteiger partial charge in [0.1, 0.15) is 11.5 Å². The van der Waals surface area contributed by atoms with E-state index in [9.17, 15) is 9.59 Å². The molecule has 0 saturated heterocycles. The van der Waals surface area contributed by atoms with E-state index < -0.39 is 12.1 Å². The number of H-pyrrole nitrogens is 1. The Bertz CT molecular complexity index is 859. The molecule has 0 saturated carbocycles. The number of carbonyl (C=O) groups is 2. The number of hydrazone groups is 1. The van der Waals surface area contributed by atoms with E-state index in [1.54, 1.807) is 25.1 Å². The molecule has 1 aliphatic heterocycles. The first-order chi connectivity index (χ1) is 11.8. The van der Waals surface area contributed by atoms with E-state index in [-0.39, 0.29) is 30.5 Å². The molecule has 0 radical (unpaired) electrons. The predicted molar refractivity (Wildman–Crippen MR) is 94.3 cm³/mol. The lowest BCUT2D eigenvalue weighted by Crippen LogP contribution is -2.39. The van der Waals surface area contributed by atoms with E-state index in [1.807, 2.05) is 13.8 Å². The van der Waals surface area contributed by atoms with Crippen molar-refractivity contribution in [1.82, 2.24) is 15.0 Å². The van der Waals surface area contributed by atoms with E-state index in [0.717, 1.165) is 11.0 Å². The van der Waals surface area contributed by atoms with E-state index in [0.29, 0.717) is 10.8 Å². The van der Waals surface area contributed by atoms with Gasteiger partial charge in [0.05, 0.1) is 11.0 Å². The standard InChI is InChI=1S/C17H19ClN4O3/c1-9(2)22-15(23)7-6-13(21-22)17(24)25-10(3)16-19-12-5-4-11(18)8-14(12)20-16/h4-5,8-10H,6-7H2,1-3H3,(H,19,20). The maximum Gasteiger partial charge on any atom is 0.355 e. The van der Waals surface area contributed by atoms with Crippen LogP contribution in [0.2, 0.25) is 5.02 Å². The average molecular weight is 363 g/mol. The van der Waals surface area contributed by atoms with Crippen molar-refractivity contribution >= 4 is 40.2 Å². The summed E-state index contributed by atoms with van der Waals surface area (Å²) in [4.78, 5) is 31.7.